The quantitative estimate of drug-likeness (QED) is 0.730. The second kappa shape index (κ2) is 7.44. The molecule has 3 rings (SSSR count). The highest BCUT2D eigenvalue weighted by atomic mass is 35.5. The van der Waals surface area contributed by atoms with Gasteiger partial charge in [-0.3, -0.25) is 10.1 Å². The van der Waals surface area contributed by atoms with E-state index < -0.39 is 16.8 Å². The number of thioether (sulfide) groups is 1. The molecule has 1 aliphatic heterocycles. The molecule has 1 aromatic heterocycles. The van der Waals surface area contributed by atoms with Gasteiger partial charge in [-0.15, -0.1) is 46.3 Å². The second-order valence-corrected chi connectivity index (χ2v) is 8.46. The van der Waals surface area contributed by atoms with E-state index in [2.05, 4.69) is 10.3 Å². The lowest BCUT2D eigenvalue weighted by Crippen LogP contribution is -2.33. The average Bonchev–Trinajstić information content (AvgIpc) is 3.13. The van der Waals surface area contributed by atoms with E-state index >= 15 is 0 Å². The van der Waals surface area contributed by atoms with Crippen LogP contribution in [-0.4, -0.2) is 39.3 Å². The number of hydrogen-bond acceptors (Lipinski definition) is 6. The van der Waals surface area contributed by atoms with Crippen LogP contribution in [0, 0.1) is 0 Å². The first-order valence-electron chi connectivity index (χ1n) is 6.95. The number of hydrogen-bond donors (Lipinski definition) is 2. The molecule has 1 saturated heterocycles. The summed E-state index contributed by atoms with van der Waals surface area (Å²) in [6.07, 6.45) is 0.564. The van der Waals surface area contributed by atoms with Crippen LogP contribution in [0.1, 0.15) is 16.8 Å². The minimum absolute atomic E-state index is 0.0777. The Labute approximate surface area is 151 Å². The zero-order chi connectivity index (χ0) is 16.4. The van der Waals surface area contributed by atoms with Gasteiger partial charge in [-0.25, -0.2) is 4.98 Å². The molecule has 1 aromatic carbocycles. The normalized spacial score (nSPS) is 21.2. The van der Waals surface area contributed by atoms with Crippen molar-refractivity contribution in [2.45, 2.75) is 22.7 Å². The molecular formula is C14H14Cl2N2O3S2. The van der Waals surface area contributed by atoms with E-state index in [0.29, 0.717) is 18.8 Å². The van der Waals surface area contributed by atoms with Gasteiger partial charge in [0.1, 0.15) is 27.0 Å². The van der Waals surface area contributed by atoms with Crippen LogP contribution in [0.5, 0.6) is 5.75 Å². The molecule has 23 heavy (non-hydrogen) atoms. The first-order valence-corrected chi connectivity index (χ1v) is 9.68. The van der Waals surface area contributed by atoms with Crippen LogP contribution < -0.4 is 10.1 Å². The third-order valence-corrected chi connectivity index (χ3v) is 6.17. The Morgan fingerprint density at radius 2 is 2.35 bits per heavy atom. The van der Waals surface area contributed by atoms with Gasteiger partial charge in [-0.05, 0) is 18.2 Å². The minimum atomic E-state index is -0.825. The summed E-state index contributed by atoms with van der Waals surface area (Å²) in [7, 11) is 0. The van der Waals surface area contributed by atoms with Gasteiger partial charge >= 0.3 is 5.97 Å². The molecule has 0 aliphatic carbocycles. The van der Waals surface area contributed by atoms with E-state index in [-0.39, 0.29) is 5.37 Å². The molecule has 0 saturated carbocycles. The number of ether oxygens (including phenoxy) is 1. The summed E-state index contributed by atoms with van der Waals surface area (Å²) < 4.78 is 6.63. The van der Waals surface area contributed by atoms with Crippen LogP contribution in [-0.2, 0) is 4.79 Å². The molecule has 2 unspecified atom stereocenters. The van der Waals surface area contributed by atoms with Crippen LogP contribution in [0.15, 0.2) is 18.2 Å². The van der Waals surface area contributed by atoms with Crippen molar-refractivity contribution in [3.8, 4) is 5.75 Å². The molecule has 0 amide bonds. The monoisotopic (exact) mass is 392 g/mol. The highest BCUT2D eigenvalue weighted by molar-refractivity contribution is 7.99. The Bertz CT molecular complexity index is 710. The lowest BCUT2D eigenvalue weighted by atomic mass is 10.3. The van der Waals surface area contributed by atoms with E-state index in [0.717, 1.165) is 21.0 Å². The largest absolute Gasteiger partial charge is 0.493 e. The topological polar surface area (TPSA) is 71.5 Å². The number of halogens is 2. The van der Waals surface area contributed by atoms with E-state index in [9.17, 15) is 4.79 Å². The molecule has 0 radical (unpaired) electrons. The molecule has 2 N–H and O–H groups in total. The average molecular weight is 393 g/mol. The molecule has 1 fully saturated rings. The molecular weight excluding hydrogens is 379 g/mol. The van der Waals surface area contributed by atoms with Crippen molar-refractivity contribution in [2.75, 3.05) is 12.4 Å². The maximum absolute atomic E-state index is 11.0. The molecule has 5 nitrogen and oxygen atoms in total. The van der Waals surface area contributed by atoms with E-state index in [1.807, 2.05) is 18.2 Å². The summed E-state index contributed by atoms with van der Waals surface area (Å²) in [5, 5.41) is 12.9. The van der Waals surface area contributed by atoms with Crippen molar-refractivity contribution in [1.82, 2.24) is 10.3 Å². The molecule has 2 heterocycles. The van der Waals surface area contributed by atoms with Crippen molar-refractivity contribution in [1.29, 1.82) is 0 Å². The van der Waals surface area contributed by atoms with Crippen molar-refractivity contribution < 1.29 is 14.6 Å². The van der Waals surface area contributed by atoms with Crippen LogP contribution in [0.25, 0.3) is 10.2 Å². The number of nitrogens with one attached hydrogen (secondary N) is 1. The number of aliphatic carboxylic acids is 1. The molecule has 2 aromatic rings. The van der Waals surface area contributed by atoms with Crippen LogP contribution in [0.4, 0.5) is 0 Å². The number of nitrogens with zero attached hydrogens (tertiary/aromatic N) is 1. The third kappa shape index (κ3) is 4.22. The Hall–Kier alpha value is -0.730. The number of benzene rings is 1. The predicted molar refractivity (Wildman–Crippen MR) is 95.0 cm³/mol. The number of fused-ring (bicyclic) bond motifs is 1. The van der Waals surface area contributed by atoms with Gasteiger partial charge in [0.25, 0.3) is 0 Å². The molecule has 2 atom stereocenters. The zero-order valence-corrected chi connectivity index (χ0v) is 15.0. The Morgan fingerprint density at radius 3 is 3.04 bits per heavy atom. The highest BCUT2D eigenvalue weighted by Gasteiger charge is 2.32. The SMILES string of the molecule is O=C(O)C1CSC(c2nc3ccc(OCCC(Cl)Cl)cc3s2)N1. The summed E-state index contributed by atoms with van der Waals surface area (Å²) >= 11 is 14.5. The van der Waals surface area contributed by atoms with Crippen molar-refractivity contribution in [3.05, 3.63) is 23.2 Å². The third-order valence-electron chi connectivity index (χ3n) is 3.29. The Balaban J connectivity index is 1.71. The van der Waals surface area contributed by atoms with Crippen LogP contribution in [0.3, 0.4) is 0 Å². The van der Waals surface area contributed by atoms with E-state index in [1.165, 1.54) is 0 Å². The van der Waals surface area contributed by atoms with E-state index in [1.54, 1.807) is 23.1 Å². The minimum Gasteiger partial charge on any atom is -0.493 e. The van der Waals surface area contributed by atoms with Gasteiger partial charge in [-0.1, -0.05) is 0 Å². The number of carboxylic acids is 1. The van der Waals surface area contributed by atoms with Crippen LogP contribution >= 0.6 is 46.3 Å². The van der Waals surface area contributed by atoms with Gasteiger partial charge in [0, 0.05) is 12.2 Å². The van der Waals surface area contributed by atoms with Crippen molar-refractivity contribution in [2.24, 2.45) is 0 Å². The van der Waals surface area contributed by atoms with Crippen molar-refractivity contribution in [3.63, 3.8) is 0 Å². The fourth-order valence-corrected chi connectivity index (χ4v) is 4.69. The molecule has 0 spiro atoms. The van der Waals surface area contributed by atoms with Gasteiger partial charge in [0.2, 0.25) is 0 Å². The summed E-state index contributed by atoms with van der Waals surface area (Å²) in [5.74, 6) is 0.466. The van der Waals surface area contributed by atoms with Gasteiger partial charge in [-0.2, -0.15) is 0 Å². The smallest absolute Gasteiger partial charge is 0.321 e. The number of thiazole rings is 1. The standard InChI is InChI=1S/C14H14Cl2N2O3S2/c15-11(16)3-4-21-7-1-2-8-10(5-7)23-13(17-8)12-18-9(6-22-12)14(19)20/h1-2,5,9,11-12,18H,3-4,6H2,(H,19,20). The van der Waals surface area contributed by atoms with Gasteiger partial charge in [0.15, 0.2) is 0 Å². The zero-order valence-electron chi connectivity index (χ0n) is 11.9. The fraction of sp³-hybridized carbons (Fsp3) is 0.429. The molecule has 124 valence electrons. The second-order valence-electron chi connectivity index (χ2n) is 4.98. The summed E-state index contributed by atoms with van der Waals surface area (Å²) in [5.41, 5.74) is 0.881. The molecule has 1 aliphatic rings. The fourth-order valence-electron chi connectivity index (χ4n) is 2.15. The Kier molecular flexibility index (Phi) is 5.53. The number of rotatable bonds is 6. The predicted octanol–water partition coefficient (Wildman–Crippen LogP) is 3.66. The lowest BCUT2D eigenvalue weighted by Gasteiger charge is -2.06. The van der Waals surface area contributed by atoms with Gasteiger partial charge in [0.05, 0.1) is 16.8 Å². The van der Waals surface area contributed by atoms with Gasteiger partial charge < -0.3 is 9.84 Å². The maximum atomic E-state index is 11.0. The molecule has 0 bridgehead atoms. The number of carbonyl (C=O) groups is 1. The number of alkyl halides is 2. The maximum Gasteiger partial charge on any atom is 0.321 e. The first kappa shape index (κ1) is 17.1. The number of carboxylic acid groups (broad SMARTS) is 1. The van der Waals surface area contributed by atoms with Crippen LogP contribution in [0.2, 0.25) is 0 Å². The molecule has 9 heteroatoms. The van der Waals surface area contributed by atoms with E-state index in [4.69, 9.17) is 33.0 Å². The van der Waals surface area contributed by atoms with Crippen molar-refractivity contribution >= 4 is 62.5 Å². The number of aromatic nitrogens is 1. The highest BCUT2D eigenvalue weighted by Crippen LogP contribution is 2.37. The first-order chi connectivity index (χ1) is 11.0. The Morgan fingerprint density at radius 1 is 1.52 bits per heavy atom. The lowest BCUT2D eigenvalue weighted by molar-refractivity contribution is -0.138. The summed E-state index contributed by atoms with van der Waals surface area (Å²) in [6, 6.07) is 5.17. The summed E-state index contributed by atoms with van der Waals surface area (Å²) in [4.78, 5) is 15.2. The summed E-state index contributed by atoms with van der Waals surface area (Å²) in [6.45, 7) is 0.454.